The number of aliphatic hydroxyl groups excluding tert-OH is 1. The Morgan fingerprint density at radius 3 is 1.40 bits per heavy atom. The van der Waals surface area contributed by atoms with Gasteiger partial charge in [-0.15, -0.1) is 0 Å². The van der Waals surface area contributed by atoms with E-state index in [9.17, 15) is 65.1 Å². The monoisotopic (exact) mass is 1770 g/mol. The highest BCUT2D eigenvalue weighted by Gasteiger charge is 2.46. The van der Waals surface area contributed by atoms with Crippen LogP contribution >= 0.6 is 0 Å². The van der Waals surface area contributed by atoms with E-state index < -0.39 is 186 Å². The number of benzene rings is 4. The molecule has 7 rings (SSSR count). The van der Waals surface area contributed by atoms with Gasteiger partial charge >= 0.3 is 0 Å². The van der Waals surface area contributed by atoms with Gasteiger partial charge in [-0.2, -0.15) is 16.8 Å². The second-order valence-corrected chi connectivity index (χ2v) is 38.4. The normalized spacial score (nSPS) is 22.9. The van der Waals surface area contributed by atoms with Crippen LogP contribution in [0.4, 0.5) is 0 Å². The molecule has 1 saturated heterocycles. The molecule has 0 spiro atoms. The van der Waals surface area contributed by atoms with Gasteiger partial charge < -0.3 is 70.1 Å². The number of nitrogens with one attached hydrogen (secondary N) is 4. The van der Waals surface area contributed by atoms with Crippen molar-refractivity contribution in [2.45, 2.75) is 252 Å². The van der Waals surface area contributed by atoms with Crippen molar-refractivity contribution >= 4 is 107 Å². The fraction of sp³-hybridized carbons (Fsp3) is 0.593. The minimum atomic E-state index is -4.47. The number of amides is 11. The van der Waals surface area contributed by atoms with Crippen LogP contribution in [0.15, 0.2) is 113 Å². The third-order valence-corrected chi connectivity index (χ3v) is 24.8. The molecule has 688 valence electrons. The Balaban J connectivity index is 0.000000553. The Labute approximate surface area is 734 Å². The minimum absolute atomic E-state index is 0.0229. The maximum absolute atomic E-state index is 15.1. The van der Waals surface area contributed by atoms with Crippen molar-refractivity contribution in [3.05, 3.63) is 120 Å². The van der Waals surface area contributed by atoms with E-state index in [1.807, 2.05) is 61.5 Å². The smallest absolute Gasteiger partial charge is 0.295 e. The molecule has 0 saturated carbocycles. The first-order valence-corrected chi connectivity index (χ1v) is 45.8. The van der Waals surface area contributed by atoms with E-state index in [4.69, 9.17) is 9.11 Å². The number of hydrogen-bond donors (Lipinski definition) is 7. The zero-order valence-electron chi connectivity index (χ0n) is 77.3. The summed E-state index contributed by atoms with van der Waals surface area (Å²) >= 11 is 0. The molecule has 0 aliphatic carbocycles. The predicted molar refractivity (Wildman–Crippen MR) is 480 cm³/mol. The topological polar surface area (TPSA) is 396 Å². The Morgan fingerprint density at radius 2 is 0.911 bits per heavy atom. The summed E-state index contributed by atoms with van der Waals surface area (Å²) in [7, 11) is 3.19. The molecule has 3 heterocycles. The van der Waals surface area contributed by atoms with Crippen molar-refractivity contribution in [2.24, 2.45) is 41.4 Å². The summed E-state index contributed by atoms with van der Waals surface area (Å²) in [5.74, 6) is -9.71. The number of fused-ring (bicyclic) bond motifs is 4. The SMILES string of the molecule is CC=CCC(C)C(O)C1C(=O)NC(CC)C(=O)N(C)CC(=O)N(C)C(CC(C)C)C(=O)NC(C(C)C)C(=O)N(C)C(CC(C)C)C(=O)NC(C)C(=O)NC(C)C(=O)N(C)C(CC(C)C)C(=O)N(C)C(CC(C)C)C(=O)N(C)C(C(C)C)C(=O)N1C.CN1CCc2c(c3ccccc3n2Cc2ccccc2)C1.O=S(=O)(O)c1cccc2c(S(=O)(=O)O)cccc12. The highest BCUT2D eigenvalue weighted by Crippen LogP contribution is 2.33. The second kappa shape index (κ2) is 46.5. The molecule has 2 aliphatic heterocycles. The molecule has 2 aliphatic rings. The molecular weight excluding hydrogens is 1630 g/mol. The van der Waals surface area contributed by atoms with Crippen molar-refractivity contribution in [1.82, 2.24) is 65.0 Å². The molecular formula is C91H139N13O18S2. The van der Waals surface area contributed by atoms with Gasteiger partial charge in [0.2, 0.25) is 65.0 Å². The maximum atomic E-state index is 15.1. The van der Waals surface area contributed by atoms with Gasteiger partial charge in [-0.1, -0.05) is 182 Å². The first kappa shape index (κ1) is 105. The number of likely N-dealkylation sites (N-methyl/N-ethyl adjacent to an activating group) is 8. The van der Waals surface area contributed by atoms with E-state index in [1.54, 1.807) is 54.5 Å². The van der Waals surface area contributed by atoms with E-state index >= 15 is 9.59 Å². The van der Waals surface area contributed by atoms with Crippen molar-refractivity contribution in [3.63, 3.8) is 0 Å². The lowest BCUT2D eigenvalue weighted by Gasteiger charge is -2.41. The van der Waals surface area contributed by atoms with Gasteiger partial charge in [0.15, 0.2) is 0 Å². The predicted octanol–water partition coefficient (Wildman–Crippen LogP) is 8.28. The minimum Gasteiger partial charge on any atom is -0.390 e. The number of aliphatic hydroxyl groups is 1. The molecule has 7 N–H and O–H groups in total. The average molecular weight is 1770 g/mol. The standard InChI is InChI=1S/C62H111N11O12.C19H20N2.C10H8O6S2/c1-25-27-28-40(15)52(75)51-56(79)65-43(26-2)58(81)67(18)33-48(74)68(19)44(29-34(3)4)55(78)66-49(38(11)12)61(84)69(20)45(30-35(5)6)54(77)63-41(16)53(76)64-42(17)57(80)70(21)46(31-36(7)8)59(82)71(22)47(32-37(9)10)60(83)72(23)50(39(13)14)62(85)73(51)24;1-20-12-11-19-17(14-20)16-9-5-6-10-18(16)21(19)13-15-7-3-2-4-8-15;11-17(12,13)9-5-1-3-7-8(9)4-2-6-10(7)18(14,15)16/h25,27,34-47,49-52,75H,26,28-33H2,1-24H3,(H,63,77)(H,64,76)(H,65,79)(H,66,78);2-10H,11-14H2,1H3;1-6H,(H,11,12,13)(H,14,15,16). The maximum Gasteiger partial charge on any atom is 0.295 e. The highest BCUT2D eigenvalue weighted by atomic mass is 32.2. The molecule has 12 unspecified atom stereocenters. The van der Waals surface area contributed by atoms with E-state index in [2.05, 4.69) is 92.4 Å². The largest absolute Gasteiger partial charge is 0.390 e. The van der Waals surface area contributed by atoms with Gasteiger partial charge in [0.05, 0.1) is 12.6 Å². The number of para-hydroxylation sites is 1. The first-order chi connectivity index (χ1) is 57.7. The van der Waals surface area contributed by atoms with Gasteiger partial charge in [0.25, 0.3) is 20.2 Å². The molecule has 33 heteroatoms. The van der Waals surface area contributed by atoms with Crippen molar-refractivity contribution in [1.29, 1.82) is 0 Å². The Kier molecular flexibility index (Phi) is 39.3. The van der Waals surface area contributed by atoms with Gasteiger partial charge in [-0.25, -0.2) is 0 Å². The molecule has 0 radical (unpaired) electrons. The van der Waals surface area contributed by atoms with Crippen LogP contribution in [0.2, 0.25) is 0 Å². The van der Waals surface area contributed by atoms with Crippen LogP contribution in [-0.2, 0) is 92.5 Å². The number of allylic oxidation sites excluding steroid dienone is 2. The van der Waals surface area contributed by atoms with Gasteiger partial charge in [-0.05, 0) is 137 Å². The van der Waals surface area contributed by atoms with Crippen LogP contribution in [0.25, 0.3) is 21.7 Å². The number of carbonyl (C=O) groups is 11. The Hall–Kier alpha value is -9.67. The van der Waals surface area contributed by atoms with Crippen molar-refractivity contribution in [3.8, 4) is 0 Å². The van der Waals surface area contributed by atoms with Crippen LogP contribution in [0, 0.1) is 41.4 Å². The van der Waals surface area contributed by atoms with Gasteiger partial charge in [0, 0.05) is 103 Å². The van der Waals surface area contributed by atoms with Gasteiger partial charge in [0.1, 0.15) is 70.2 Å². The van der Waals surface area contributed by atoms with Crippen molar-refractivity contribution in [2.75, 3.05) is 69.5 Å². The van der Waals surface area contributed by atoms with Crippen LogP contribution in [-0.4, -0.2) is 276 Å². The number of rotatable bonds is 19. The fourth-order valence-corrected chi connectivity index (χ4v) is 17.3. The van der Waals surface area contributed by atoms with Crippen LogP contribution in [0.5, 0.6) is 0 Å². The molecule has 11 amide bonds. The first-order valence-electron chi connectivity index (χ1n) is 42.9. The van der Waals surface area contributed by atoms with E-state index in [1.165, 1.54) is 140 Å². The molecule has 124 heavy (non-hydrogen) atoms. The summed E-state index contributed by atoms with van der Waals surface area (Å²) in [4.78, 5) is 170. The molecule has 0 bridgehead atoms. The lowest BCUT2D eigenvalue weighted by atomic mass is 9.91. The number of hydrogen-bond acceptors (Lipinski definition) is 17. The van der Waals surface area contributed by atoms with Crippen LogP contribution < -0.4 is 21.3 Å². The van der Waals surface area contributed by atoms with Crippen molar-refractivity contribution < 1.29 is 83.8 Å². The summed E-state index contributed by atoms with van der Waals surface area (Å²) in [5, 5.41) is 24.5. The lowest BCUT2D eigenvalue weighted by Crippen LogP contribution is -2.63. The number of carbonyl (C=O) groups excluding carboxylic acids is 11. The Morgan fingerprint density at radius 1 is 0.460 bits per heavy atom. The zero-order chi connectivity index (χ0) is 93.8. The molecule has 31 nitrogen and oxygen atoms in total. The Bertz CT molecular complexity index is 4730. The fourth-order valence-electron chi connectivity index (χ4n) is 15.9. The third kappa shape index (κ3) is 27.7. The summed E-state index contributed by atoms with van der Waals surface area (Å²) in [5.41, 5.74) is 5.80. The second-order valence-electron chi connectivity index (χ2n) is 35.7. The molecule has 12 atom stereocenters. The van der Waals surface area contributed by atoms with Crippen LogP contribution in [0.1, 0.15) is 173 Å². The molecule has 1 fully saturated rings. The highest BCUT2D eigenvalue weighted by molar-refractivity contribution is 7.86. The third-order valence-electron chi connectivity index (χ3n) is 23.0. The molecule has 1 aromatic heterocycles. The lowest BCUT2D eigenvalue weighted by molar-refractivity contribution is -0.157. The van der Waals surface area contributed by atoms with Gasteiger partial charge in [-0.3, -0.25) is 61.8 Å². The quantitative estimate of drug-likeness (QED) is 0.0302. The molecule has 4 aromatic carbocycles. The summed E-state index contributed by atoms with van der Waals surface area (Å²) in [6.45, 7) is 32.5. The van der Waals surface area contributed by atoms with E-state index in [-0.39, 0.29) is 66.5 Å². The average Bonchev–Trinajstić information content (AvgIpc) is 0.828. The molecule has 5 aromatic rings. The summed E-state index contributed by atoms with van der Waals surface area (Å²) in [6, 6.07) is 14.8. The number of nitrogens with zero attached hydrogens (tertiary/aromatic N) is 9. The summed E-state index contributed by atoms with van der Waals surface area (Å²) < 4.78 is 65.2. The summed E-state index contributed by atoms with van der Waals surface area (Å²) in [6.07, 6.45) is 4.19. The van der Waals surface area contributed by atoms with Crippen LogP contribution in [0.3, 0.4) is 0 Å². The zero-order valence-corrected chi connectivity index (χ0v) is 78.9. The van der Waals surface area contributed by atoms with E-state index in [0.29, 0.717) is 6.42 Å². The number of aromatic nitrogens is 1. The van der Waals surface area contributed by atoms with E-state index in [0.717, 1.165) is 48.0 Å².